The Kier molecular flexibility index (Phi) is 5.31. The summed E-state index contributed by atoms with van der Waals surface area (Å²) in [5, 5.41) is 8.67. The Bertz CT molecular complexity index is 844. The van der Waals surface area contributed by atoms with Crippen molar-refractivity contribution in [1.29, 1.82) is 0 Å². The van der Waals surface area contributed by atoms with Gasteiger partial charge in [-0.2, -0.15) is 0 Å². The fourth-order valence-electron chi connectivity index (χ4n) is 2.60. The lowest BCUT2D eigenvalue weighted by Crippen LogP contribution is -2.28. The van der Waals surface area contributed by atoms with Crippen LogP contribution in [0.3, 0.4) is 0 Å². The average molecular weight is 351 g/mol. The average Bonchev–Trinajstić information content (AvgIpc) is 3.44. The summed E-state index contributed by atoms with van der Waals surface area (Å²) in [6.45, 7) is 1.44. The first kappa shape index (κ1) is 17.7. The van der Waals surface area contributed by atoms with E-state index in [1.807, 2.05) is 0 Å². The molecule has 26 heavy (non-hydrogen) atoms. The van der Waals surface area contributed by atoms with E-state index >= 15 is 0 Å². The van der Waals surface area contributed by atoms with Crippen LogP contribution >= 0.6 is 0 Å². The van der Waals surface area contributed by atoms with Gasteiger partial charge in [0.05, 0.1) is 17.8 Å². The molecular weight excluding hydrogens is 330 g/mol. The van der Waals surface area contributed by atoms with Crippen molar-refractivity contribution in [3.8, 4) is 0 Å². The molecule has 0 bridgehead atoms. The van der Waals surface area contributed by atoms with E-state index in [4.69, 9.17) is 0 Å². The summed E-state index contributed by atoms with van der Waals surface area (Å²) in [5.41, 5.74) is 2.05. The van der Waals surface area contributed by atoms with Gasteiger partial charge in [-0.3, -0.25) is 14.4 Å². The van der Waals surface area contributed by atoms with Gasteiger partial charge < -0.3 is 16.0 Å². The first-order valence-electron chi connectivity index (χ1n) is 8.58. The first-order valence-corrected chi connectivity index (χ1v) is 8.58. The minimum Gasteiger partial charge on any atom is -0.376 e. The van der Waals surface area contributed by atoms with Crippen LogP contribution in [0.5, 0.6) is 0 Å². The van der Waals surface area contributed by atoms with Crippen LogP contribution in [0.1, 0.15) is 40.5 Å². The molecule has 0 unspecified atom stereocenters. The third kappa shape index (κ3) is 4.47. The molecule has 1 fully saturated rings. The molecular formula is C20H21N3O3. The SMILES string of the molecule is CC(=O)c1ccccc1NC(=O)CNc1ccccc1C(=O)NC1CC1. The fourth-order valence-corrected chi connectivity index (χ4v) is 2.60. The number of para-hydroxylation sites is 2. The number of benzene rings is 2. The van der Waals surface area contributed by atoms with Gasteiger partial charge in [-0.05, 0) is 44.0 Å². The lowest BCUT2D eigenvalue weighted by Gasteiger charge is -2.13. The van der Waals surface area contributed by atoms with E-state index < -0.39 is 0 Å². The van der Waals surface area contributed by atoms with Gasteiger partial charge in [-0.15, -0.1) is 0 Å². The molecule has 3 rings (SSSR count). The van der Waals surface area contributed by atoms with E-state index in [9.17, 15) is 14.4 Å². The molecule has 2 aromatic rings. The topological polar surface area (TPSA) is 87.3 Å². The van der Waals surface area contributed by atoms with Crippen molar-refractivity contribution in [2.24, 2.45) is 0 Å². The largest absolute Gasteiger partial charge is 0.376 e. The number of Topliss-reactive ketones (excluding diaryl/α,β-unsaturated/α-hetero) is 1. The molecule has 1 aliphatic carbocycles. The van der Waals surface area contributed by atoms with E-state index in [0.717, 1.165) is 12.8 Å². The first-order chi connectivity index (χ1) is 12.5. The van der Waals surface area contributed by atoms with Gasteiger partial charge in [0.1, 0.15) is 0 Å². The molecule has 3 N–H and O–H groups in total. The predicted octanol–water partition coefficient (Wildman–Crippen LogP) is 2.83. The van der Waals surface area contributed by atoms with Crippen LogP contribution in [0, 0.1) is 0 Å². The summed E-state index contributed by atoms with van der Waals surface area (Å²) >= 11 is 0. The van der Waals surface area contributed by atoms with E-state index in [1.54, 1.807) is 48.5 Å². The highest BCUT2D eigenvalue weighted by Gasteiger charge is 2.24. The maximum atomic E-state index is 12.3. The zero-order valence-corrected chi connectivity index (χ0v) is 14.5. The van der Waals surface area contributed by atoms with Crippen LogP contribution in [0.2, 0.25) is 0 Å². The number of hydrogen-bond donors (Lipinski definition) is 3. The second kappa shape index (κ2) is 7.82. The quantitative estimate of drug-likeness (QED) is 0.670. The Morgan fingerprint density at radius 3 is 2.19 bits per heavy atom. The van der Waals surface area contributed by atoms with Crippen molar-refractivity contribution in [2.75, 3.05) is 17.2 Å². The third-order valence-corrected chi connectivity index (χ3v) is 4.10. The van der Waals surface area contributed by atoms with Gasteiger partial charge in [0.2, 0.25) is 5.91 Å². The molecule has 0 spiro atoms. The standard InChI is InChI=1S/C20H21N3O3/c1-13(24)15-6-2-5-9-18(15)23-19(25)12-21-17-8-4-3-7-16(17)20(26)22-14-10-11-14/h2-9,14,21H,10-12H2,1H3,(H,22,26)(H,23,25). The summed E-state index contributed by atoms with van der Waals surface area (Å²) in [6, 6.07) is 14.2. The van der Waals surface area contributed by atoms with Crippen molar-refractivity contribution in [3.63, 3.8) is 0 Å². The van der Waals surface area contributed by atoms with Crippen molar-refractivity contribution in [2.45, 2.75) is 25.8 Å². The summed E-state index contributed by atoms with van der Waals surface area (Å²) < 4.78 is 0. The van der Waals surface area contributed by atoms with Crippen LogP contribution in [0.15, 0.2) is 48.5 Å². The number of carbonyl (C=O) groups is 3. The van der Waals surface area contributed by atoms with Crippen LogP contribution in [-0.4, -0.2) is 30.2 Å². The Morgan fingerprint density at radius 2 is 1.54 bits per heavy atom. The zero-order chi connectivity index (χ0) is 18.5. The number of hydrogen-bond acceptors (Lipinski definition) is 4. The predicted molar refractivity (Wildman–Crippen MR) is 100 cm³/mol. The van der Waals surface area contributed by atoms with E-state index in [0.29, 0.717) is 22.5 Å². The molecule has 0 heterocycles. The number of carbonyl (C=O) groups excluding carboxylic acids is 3. The molecule has 6 nitrogen and oxygen atoms in total. The lowest BCUT2D eigenvalue weighted by atomic mass is 10.1. The molecule has 134 valence electrons. The number of anilines is 2. The fraction of sp³-hybridized carbons (Fsp3) is 0.250. The van der Waals surface area contributed by atoms with E-state index in [1.165, 1.54) is 6.92 Å². The van der Waals surface area contributed by atoms with Crippen molar-refractivity contribution >= 4 is 29.0 Å². The highest BCUT2D eigenvalue weighted by molar-refractivity contribution is 6.05. The Morgan fingerprint density at radius 1 is 0.923 bits per heavy atom. The van der Waals surface area contributed by atoms with Crippen LogP contribution in [-0.2, 0) is 4.79 Å². The zero-order valence-electron chi connectivity index (χ0n) is 14.5. The monoisotopic (exact) mass is 351 g/mol. The molecule has 0 aliphatic heterocycles. The maximum Gasteiger partial charge on any atom is 0.253 e. The number of ketones is 1. The van der Waals surface area contributed by atoms with Crippen molar-refractivity contribution < 1.29 is 14.4 Å². The molecule has 2 aromatic carbocycles. The van der Waals surface area contributed by atoms with Crippen LogP contribution in [0.25, 0.3) is 0 Å². The summed E-state index contributed by atoms with van der Waals surface area (Å²) in [6.07, 6.45) is 2.03. The van der Waals surface area contributed by atoms with Crippen LogP contribution in [0.4, 0.5) is 11.4 Å². The highest BCUT2D eigenvalue weighted by Crippen LogP contribution is 2.21. The second-order valence-corrected chi connectivity index (χ2v) is 6.30. The van der Waals surface area contributed by atoms with E-state index in [-0.39, 0.29) is 30.2 Å². The minimum absolute atomic E-state index is 0.0139. The van der Waals surface area contributed by atoms with Gasteiger partial charge in [-0.25, -0.2) is 0 Å². The van der Waals surface area contributed by atoms with Gasteiger partial charge >= 0.3 is 0 Å². The normalized spacial score (nSPS) is 13.0. The number of rotatable bonds is 7. The third-order valence-electron chi connectivity index (χ3n) is 4.10. The maximum absolute atomic E-state index is 12.3. The summed E-state index contributed by atoms with van der Waals surface area (Å²) in [5.74, 6) is -0.551. The summed E-state index contributed by atoms with van der Waals surface area (Å²) in [7, 11) is 0. The van der Waals surface area contributed by atoms with E-state index in [2.05, 4.69) is 16.0 Å². The molecule has 1 aliphatic rings. The van der Waals surface area contributed by atoms with Gasteiger partial charge in [0, 0.05) is 17.3 Å². The smallest absolute Gasteiger partial charge is 0.253 e. The van der Waals surface area contributed by atoms with Gasteiger partial charge in [-0.1, -0.05) is 24.3 Å². The lowest BCUT2D eigenvalue weighted by molar-refractivity contribution is -0.114. The van der Waals surface area contributed by atoms with Crippen molar-refractivity contribution in [1.82, 2.24) is 5.32 Å². The Labute approximate surface area is 152 Å². The molecule has 0 saturated heterocycles. The van der Waals surface area contributed by atoms with Gasteiger partial charge in [0.15, 0.2) is 5.78 Å². The van der Waals surface area contributed by atoms with Crippen molar-refractivity contribution in [3.05, 3.63) is 59.7 Å². The summed E-state index contributed by atoms with van der Waals surface area (Å²) in [4.78, 5) is 36.2. The Hall–Kier alpha value is -3.15. The molecule has 1 saturated carbocycles. The number of amides is 2. The second-order valence-electron chi connectivity index (χ2n) is 6.30. The molecule has 6 heteroatoms. The molecule has 0 aromatic heterocycles. The highest BCUT2D eigenvalue weighted by atomic mass is 16.2. The minimum atomic E-state index is -0.295. The van der Waals surface area contributed by atoms with Gasteiger partial charge in [0.25, 0.3) is 5.91 Å². The van der Waals surface area contributed by atoms with Crippen LogP contribution < -0.4 is 16.0 Å². The number of nitrogens with one attached hydrogen (secondary N) is 3. The molecule has 0 radical (unpaired) electrons. The molecule has 2 amide bonds. The Balaban J connectivity index is 1.63. The molecule has 0 atom stereocenters.